The Balaban J connectivity index is 0.00000112. The maximum Gasteiger partial charge on any atom is 0.134 e. The summed E-state index contributed by atoms with van der Waals surface area (Å²) in [4.78, 5) is 0. The van der Waals surface area contributed by atoms with E-state index in [0.717, 1.165) is 30.9 Å². The van der Waals surface area contributed by atoms with Crippen LogP contribution in [0.1, 0.15) is 14.1 Å². The molecule has 0 aliphatic rings. The average Bonchev–Trinajstić information content (AvgIpc) is 2.60. The van der Waals surface area contributed by atoms with Gasteiger partial charge >= 0.3 is 0 Å². The van der Waals surface area contributed by atoms with Crippen LogP contribution in [-0.4, -0.2) is 13.1 Å². The maximum atomic E-state index is 5.67. The van der Waals surface area contributed by atoms with Gasteiger partial charge in [0, 0.05) is 19.8 Å². The highest BCUT2D eigenvalue weighted by molar-refractivity contribution is 5.77. The van der Waals surface area contributed by atoms with Crippen molar-refractivity contribution < 1.29 is 5.84 Å². The number of rotatable bonds is 4. The predicted octanol–water partition coefficient (Wildman–Crippen LogP) is 2.83. The summed E-state index contributed by atoms with van der Waals surface area (Å²) in [5.74, 6) is 1.06. The number of fused-ring (bicyclic) bond motifs is 1. The molecule has 1 aromatic carbocycles. The van der Waals surface area contributed by atoms with E-state index in [2.05, 4.69) is 24.4 Å². The summed E-state index contributed by atoms with van der Waals surface area (Å²) in [6, 6.07) is 10.2. The van der Waals surface area contributed by atoms with Gasteiger partial charge in [0.05, 0.1) is 0 Å². The molecule has 2 rings (SSSR count). The molecular weight excluding hydrogens is 174 g/mol. The van der Waals surface area contributed by atoms with Crippen molar-refractivity contribution in [2.75, 3.05) is 13.1 Å². The van der Waals surface area contributed by atoms with Gasteiger partial charge in [0.2, 0.25) is 0 Å². The minimum atomic E-state index is 0. The van der Waals surface area contributed by atoms with Crippen molar-refractivity contribution in [2.45, 2.75) is 13.3 Å². The van der Waals surface area contributed by atoms with E-state index in [-0.39, 0.29) is 1.43 Å². The molecule has 0 bridgehead atoms. The third-order valence-electron chi connectivity index (χ3n) is 2.27. The van der Waals surface area contributed by atoms with Crippen LogP contribution in [0.3, 0.4) is 0 Å². The number of benzene rings is 1. The van der Waals surface area contributed by atoms with Gasteiger partial charge in [-0.05, 0) is 18.7 Å². The van der Waals surface area contributed by atoms with Crippen LogP contribution in [0.2, 0.25) is 0 Å². The first kappa shape index (κ1) is 9.28. The lowest BCUT2D eigenvalue weighted by molar-refractivity contribution is 0.536. The largest absolute Gasteiger partial charge is 0.461 e. The quantitative estimate of drug-likeness (QED) is 0.752. The third-order valence-corrected chi connectivity index (χ3v) is 2.27. The summed E-state index contributed by atoms with van der Waals surface area (Å²) in [5, 5.41) is 4.47. The standard InChI is InChI=1S/C12H15NO.H2/c1-2-13-8-7-11-9-10-5-3-4-6-12(10)14-11;/h3-6,9,13H,2,7-8H2,1H3;1H. The van der Waals surface area contributed by atoms with Gasteiger partial charge in [-0.1, -0.05) is 25.1 Å². The number of hydrogen-bond donors (Lipinski definition) is 1. The van der Waals surface area contributed by atoms with Crippen LogP contribution in [0.5, 0.6) is 0 Å². The summed E-state index contributed by atoms with van der Waals surface area (Å²) in [6.45, 7) is 4.11. The van der Waals surface area contributed by atoms with E-state index in [4.69, 9.17) is 4.42 Å². The number of para-hydroxylation sites is 1. The van der Waals surface area contributed by atoms with Gasteiger partial charge in [-0.25, -0.2) is 0 Å². The number of nitrogens with one attached hydrogen (secondary N) is 1. The Labute approximate surface area is 85.4 Å². The van der Waals surface area contributed by atoms with Crippen LogP contribution in [0.15, 0.2) is 34.7 Å². The van der Waals surface area contributed by atoms with Crippen LogP contribution >= 0.6 is 0 Å². The topological polar surface area (TPSA) is 25.2 Å². The molecular formula is C12H17NO. The van der Waals surface area contributed by atoms with E-state index < -0.39 is 0 Å². The normalized spacial score (nSPS) is 10.9. The SMILES string of the molecule is CCNCCc1cc2ccccc2o1.[HH]. The molecule has 0 saturated carbocycles. The summed E-state index contributed by atoms with van der Waals surface area (Å²) in [5.41, 5.74) is 0.985. The Bertz CT molecular complexity index is 378. The highest BCUT2D eigenvalue weighted by Crippen LogP contribution is 2.18. The molecule has 2 heteroatoms. The highest BCUT2D eigenvalue weighted by Gasteiger charge is 2.01. The van der Waals surface area contributed by atoms with E-state index in [1.165, 1.54) is 5.39 Å². The Hall–Kier alpha value is -1.28. The lowest BCUT2D eigenvalue weighted by atomic mass is 10.2. The second-order valence-electron chi connectivity index (χ2n) is 3.35. The van der Waals surface area contributed by atoms with Crippen molar-refractivity contribution in [2.24, 2.45) is 0 Å². The molecule has 0 aliphatic carbocycles. The van der Waals surface area contributed by atoms with Crippen molar-refractivity contribution in [3.63, 3.8) is 0 Å². The zero-order valence-electron chi connectivity index (χ0n) is 8.42. The molecule has 1 heterocycles. The minimum Gasteiger partial charge on any atom is -0.461 e. The second-order valence-corrected chi connectivity index (χ2v) is 3.35. The van der Waals surface area contributed by atoms with Crippen molar-refractivity contribution in [3.8, 4) is 0 Å². The molecule has 14 heavy (non-hydrogen) atoms. The van der Waals surface area contributed by atoms with Gasteiger partial charge in [-0.15, -0.1) is 0 Å². The van der Waals surface area contributed by atoms with E-state index >= 15 is 0 Å². The lowest BCUT2D eigenvalue weighted by Crippen LogP contribution is -2.15. The van der Waals surface area contributed by atoms with Crippen LogP contribution in [0.4, 0.5) is 0 Å². The number of furan rings is 1. The Morgan fingerprint density at radius 2 is 2.21 bits per heavy atom. The van der Waals surface area contributed by atoms with Crippen molar-refractivity contribution in [1.82, 2.24) is 5.32 Å². The van der Waals surface area contributed by atoms with Crippen LogP contribution < -0.4 is 5.32 Å². The van der Waals surface area contributed by atoms with Gasteiger partial charge in [-0.2, -0.15) is 0 Å². The molecule has 0 saturated heterocycles. The Morgan fingerprint density at radius 3 is 3.00 bits per heavy atom. The molecule has 0 atom stereocenters. The number of hydrogen-bond acceptors (Lipinski definition) is 2. The van der Waals surface area contributed by atoms with Gasteiger partial charge in [-0.3, -0.25) is 0 Å². The van der Waals surface area contributed by atoms with Crippen LogP contribution in [0.25, 0.3) is 11.0 Å². The zero-order chi connectivity index (χ0) is 9.80. The van der Waals surface area contributed by atoms with E-state index in [1.807, 2.05) is 18.2 Å². The fraction of sp³-hybridized carbons (Fsp3) is 0.333. The van der Waals surface area contributed by atoms with E-state index in [1.54, 1.807) is 0 Å². The molecule has 1 aromatic heterocycles. The third kappa shape index (κ3) is 1.96. The summed E-state index contributed by atoms with van der Waals surface area (Å²) < 4.78 is 5.67. The Kier molecular flexibility index (Phi) is 2.84. The smallest absolute Gasteiger partial charge is 0.134 e. The van der Waals surface area contributed by atoms with Crippen molar-refractivity contribution >= 4 is 11.0 Å². The first-order valence-corrected chi connectivity index (χ1v) is 5.08. The molecule has 0 unspecified atom stereocenters. The first-order chi connectivity index (χ1) is 6.90. The lowest BCUT2D eigenvalue weighted by Gasteiger charge is -1.96. The molecule has 2 aromatic rings. The minimum absolute atomic E-state index is 0. The fourth-order valence-corrected chi connectivity index (χ4v) is 1.55. The highest BCUT2D eigenvalue weighted by atomic mass is 16.3. The summed E-state index contributed by atoms with van der Waals surface area (Å²) in [6.07, 6.45) is 0.961. The second kappa shape index (κ2) is 4.29. The molecule has 0 amide bonds. The van der Waals surface area contributed by atoms with E-state index in [0.29, 0.717) is 0 Å². The van der Waals surface area contributed by atoms with Gasteiger partial charge in [0.25, 0.3) is 0 Å². The van der Waals surface area contributed by atoms with Gasteiger partial charge < -0.3 is 9.73 Å². The Morgan fingerprint density at radius 1 is 1.36 bits per heavy atom. The maximum absolute atomic E-state index is 5.67. The molecule has 76 valence electrons. The number of likely N-dealkylation sites (N-methyl/N-ethyl adjacent to an activating group) is 1. The molecule has 0 radical (unpaired) electrons. The van der Waals surface area contributed by atoms with Crippen LogP contribution in [-0.2, 0) is 6.42 Å². The molecule has 0 aliphatic heterocycles. The van der Waals surface area contributed by atoms with Gasteiger partial charge in [0.1, 0.15) is 11.3 Å². The van der Waals surface area contributed by atoms with Gasteiger partial charge in [0.15, 0.2) is 0 Å². The summed E-state index contributed by atoms with van der Waals surface area (Å²) in [7, 11) is 0. The molecule has 1 N–H and O–H groups in total. The molecule has 0 spiro atoms. The monoisotopic (exact) mass is 191 g/mol. The van der Waals surface area contributed by atoms with E-state index in [9.17, 15) is 0 Å². The van der Waals surface area contributed by atoms with Crippen molar-refractivity contribution in [3.05, 3.63) is 36.1 Å². The zero-order valence-corrected chi connectivity index (χ0v) is 8.42. The first-order valence-electron chi connectivity index (χ1n) is 5.08. The van der Waals surface area contributed by atoms with Crippen molar-refractivity contribution in [1.29, 1.82) is 0 Å². The average molecular weight is 191 g/mol. The molecule has 0 fully saturated rings. The summed E-state index contributed by atoms with van der Waals surface area (Å²) >= 11 is 0. The van der Waals surface area contributed by atoms with Crippen LogP contribution in [0, 0.1) is 0 Å². The predicted molar refractivity (Wildman–Crippen MR) is 60.6 cm³/mol. The molecule has 2 nitrogen and oxygen atoms in total. The fourth-order valence-electron chi connectivity index (χ4n) is 1.55.